The Kier molecular flexibility index (Phi) is 1.65. The Morgan fingerprint density at radius 1 is 1.20 bits per heavy atom. The van der Waals surface area contributed by atoms with E-state index in [-0.39, 0.29) is 5.78 Å². The van der Waals surface area contributed by atoms with Crippen molar-refractivity contribution in [3.63, 3.8) is 0 Å². The topological polar surface area (TPSA) is 38.3 Å². The van der Waals surface area contributed by atoms with Crippen LogP contribution in [0.15, 0.2) is 47.9 Å². The molecule has 1 aliphatic heterocycles. The number of hydrogen-bond acceptors (Lipinski definition) is 3. The molecule has 0 amide bonds. The second-order valence-corrected chi connectivity index (χ2v) is 3.54. The van der Waals surface area contributed by atoms with Crippen LogP contribution in [-0.4, -0.2) is 5.78 Å². The SMILES string of the molecule is O=C1C=CC2=C(C1)Nc1ccccc1O2. The molecular formula is C12H9NO2. The van der Waals surface area contributed by atoms with E-state index in [9.17, 15) is 4.79 Å². The van der Waals surface area contributed by atoms with Gasteiger partial charge in [0.1, 0.15) is 5.76 Å². The van der Waals surface area contributed by atoms with Crippen molar-refractivity contribution in [3.8, 4) is 5.75 Å². The lowest BCUT2D eigenvalue weighted by Gasteiger charge is -2.24. The Bertz CT molecular complexity index is 500. The third-order valence-corrected chi connectivity index (χ3v) is 2.46. The predicted molar refractivity (Wildman–Crippen MR) is 56.5 cm³/mol. The molecule has 0 radical (unpaired) electrons. The van der Waals surface area contributed by atoms with E-state index in [1.54, 1.807) is 12.2 Å². The van der Waals surface area contributed by atoms with Crippen LogP contribution in [0, 0.1) is 0 Å². The van der Waals surface area contributed by atoms with Gasteiger partial charge in [-0.15, -0.1) is 0 Å². The molecule has 0 saturated carbocycles. The smallest absolute Gasteiger partial charge is 0.161 e. The molecule has 1 aromatic rings. The van der Waals surface area contributed by atoms with E-state index in [1.807, 2.05) is 24.3 Å². The molecule has 0 atom stereocenters. The van der Waals surface area contributed by atoms with Crippen molar-refractivity contribution >= 4 is 11.5 Å². The number of fused-ring (bicyclic) bond motifs is 1. The Morgan fingerprint density at radius 2 is 2.07 bits per heavy atom. The molecule has 1 heterocycles. The third kappa shape index (κ3) is 1.32. The van der Waals surface area contributed by atoms with Gasteiger partial charge in [0.25, 0.3) is 0 Å². The number of ketones is 1. The van der Waals surface area contributed by atoms with E-state index in [0.717, 1.165) is 22.9 Å². The largest absolute Gasteiger partial charge is 0.453 e. The highest BCUT2D eigenvalue weighted by atomic mass is 16.5. The molecule has 0 spiro atoms. The normalized spacial score (nSPS) is 17.7. The number of hydrogen-bond donors (Lipinski definition) is 1. The summed E-state index contributed by atoms with van der Waals surface area (Å²) in [4.78, 5) is 11.2. The van der Waals surface area contributed by atoms with Gasteiger partial charge in [0.15, 0.2) is 11.5 Å². The maximum atomic E-state index is 11.2. The number of carbonyl (C=O) groups is 1. The molecule has 2 aliphatic rings. The number of ether oxygens (including phenoxy) is 1. The number of para-hydroxylation sites is 2. The Balaban J connectivity index is 2.02. The Morgan fingerprint density at radius 3 is 3.00 bits per heavy atom. The summed E-state index contributed by atoms with van der Waals surface area (Å²) in [5.41, 5.74) is 1.76. The first-order chi connectivity index (χ1) is 7.33. The lowest BCUT2D eigenvalue weighted by molar-refractivity contribution is -0.114. The summed E-state index contributed by atoms with van der Waals surface area (Å²) in [5, 5.41) is 3.21. The molecule has 0 bridgehead atoms. The van der Waals surface area contributed by atoms with Gasteiger partial charge in [-0.1, -0.05) is 12.1 Å². The summed E-state index contributed by atoms with van der Waals surface area (Å²) in [6.45, 7) is 0. The monoisotopic (exact) mass is 199 g/mol. The molecule has 3 heteroatoms. The molecule has 1 N–H and O–H groups in total. The predicted octanol–water partition coefficient (Wildman–Crippen LogP) is 2.23. The molecule has 15 heavy (non-hydrogen) atoms. The third-order valence-electron chi connectivity index (χ3n) is 2.46. The van der Waals surface area contributed by atoms with E-state index in [0.29, 0.717) is 6.42 Å². The first-order valence-corrected chi connectivity index (χ1v) is 4.81. The van der Waals surface area contributed by atoms with Crippen LogP contribution < -0.4 is 10.1 Å². The fourth-order valence-corrected chi connectivity index (χ4v) is 1.73. The minimum Gasteiger partial charge on any atom is -0.453 e. The van der Waals surface area contributed by atoms with E-state index in [2.05, 4.69) is 5.32 Å². The highest BCUT2D eigenvalue weighted by Crippen LogP contribution is 2.34. The van der Waals surface area contributed by atoms with Crippen LogP contribution in [0.3, 0.4) is 0 Å². The molecule has 0 fully saturated rings. The molecular weight excluding hydrogens is 190 g/mol. The average Bonchev–Trinajstić information content (AvgIpc) is 2.26. The second-order valence-electron chi connectivity index (χ2n) is 3.54. The molecule has 3 nitrogen and oxygen atoms in total. The average molecular weight is 199 g/mol. The van der Waals surface area contributed by atoms with Crippen LogP contribution in [0.2, 0.25) is 0 Å². The van der Waals surface area contributed by atoms with E-state index in [1.165, 1.54) is 0 Å². The maximum Gasteiger partial charge on any atom is 0.161 e. The van der Waals surface area contributed by atoms with Gasteiger partial charge < -0.3 is 10.1 Å². The van der Waals surface area contributed by atoms with Crippen molar-refractivity contribution < 1.29 is 9.53 Å². The number of benzene rings is 1. The van der Waals surface area contributed by atoms with Crippen LogP contribution in [0.25, 0.3) is 0 Å². The summed E-state index contributed by atoms with van der Waals surface area (Å²) in [6, 6.07) is 7.68. The number of allylic oxidation sites excluding steroid dienone is 3. The van der Waals surface area contributed by atoms with Crippen LogP contribution in [0.1, 0.15) is 6.42 Å². The fourth-order valence-electron chi connectivity index (χ4n) is 1.73. The molecule has 1 aromatic carbocycles. The van der Waals surface area contributed by atoms with Gasteiger partial charge in [-0.25, -0.2) is 0 Å². The van der Waals surface area contributed by atoms with Gasteiger partial charge in [0.2, 0.25) is 0 Å². The van der Waals surface area contributed by atoms with Crippen LogP contribution >= 0.6 is 0 Å². The molecule has 74 valence electrons. The summed E-state index contributed by atoms with van der Waals surface area (Å²) in [6.07, 6.45) is 3.65. The molecule has 1 aliphatic carbocycles. The van der Waals surface area contributed by atoms with Crippen LogP contribution in [-0.2, 0) is 4.79 Å². The summed E-state index contributed by atoms with van der Waals surface area (Å²) >= 11 is 0. The standard InChI is InChI=1S/C12H9NO2/c14-8-5-6-12-10(7-8)13-9-3-1-2-4-11(9)15-12/h1-6,13H,7H2. The summed E-state index contributed by atoms with van der Waals surface area (Å²) < 4.78 is 5.66. The van der Waals surface area contributed by atoms with Crippen molar-refractivity contribution in [2.24, 2.45) is 0 Å². The quantitative estimate of drug-likeness (QED) is 0.696. The first-order valence-electron chi connectivity index (χ1n) is 4.81. The lowest BCUT2D eigenvalue weighted by atomic mass is 10.1. The van der Waals surface area contributed by atoms with Gasteiger partial charge in [-0.2, -0.15) is 0 Å². The van der Waals surface area contributed by atoms with Crippen LogP contribution in [0.5, 0.6) is 5.75 Å². The minimum absolute atomic E-state index is 0.101. The maximum absolute atomic E-state index is 11.2. The Hall–Kier alpha value is -2.03. The van der Waals surface area contributed by atoms with Gasteiger partial charge >= 0.3 is 0 Å². The zero-order chi connectivity index (χ0) is 10.3. The lowest BCUT2D eigenvalue weighted by Crippen LogP contribution is -2.18. The van der Waals surface area contributed by atoms with Gasteiger partial charge in [-0.3, -0.25) is 4.79 Å². The molecule has 0 saturated heterocycles. The number of anilines is 1. The van der Waals surface area contributed by atoms with Crippen molar-refractivity contribution in [3.05, 3.63) is 47.9 Å². The van der Waals surface area contributed by atoms with Gasteiger partial charge in [0.05, 0.1) is 17.8 Å². The summed E-state index contributed by atoms with van der Waals surface area (Å²) in [5.74, 6) is 1.65. The van der Waals surface area contributed by atoms with Crippen molar-refractivity contribution in [2.75, 3.05) is 5.32 Å². The number of carbonyl (C=O) groups excluding carboxylic acids is 1. The first kappa shape index (κ1) is 8.29. The molecule has 0 unspecified atom stereocenters. The highest BCUT2D eigenvalue weighted by molar-refractivity contribution is 5.94. The molecule has 0 aromatic heterocycles. The number of nitrogens with one attached hydrogen (secondary N) is 1. The zero-order valence-electron chi connectivity index (χ0n) is 7.99. The van der Waals surface area contributed by atoms with E-state index in [4.69, 9.17) is 4.74 Å². The van der Waals surface area contributed by atoms with Crippen molar-refractivity contribution in [2.45, 2.75) is 6.42 Å². The Labute approximate surface area is 87.1 Å². The second kappa shape index (κ2) is 2.98. The highest BCUT2D eigenvalue weighted by Gasteiger charge is 2.21. The van der Waals surface area contributed by atoms with Crippen LogP contribution in [0.4, 0.5) is 5.69 Å². The van der Waals surface area contributed by atoms with Gasteiger partial charge in [0, 0.05) is 0 Å². The zero-order valence-corrected chi connectivity index (χ0v) is 7.99. The van der Waals surface area contributed by atoms with Crippen molar-refractivity contribution in [1.29, 1.82) is 0 Å². The molecule has 3 rings (SSSR count). The van der Waals surface area contributed by atoms with E-state index < -0.39 is 0 Å². The number of rotatable bonds is 0. The minimum atomic E-state index is 0.101. The fraction of sp³-hybridized carbons (Fsp3) is 0.0833. The van der Waals surface area contributed by atoms with Crippen molar-refractivity contribution in [1.82, 2.24) is 0 Å². The van der Waals surface area contributed by atoms with Gasteiger partial charge in [-0.05, 0) is 24.3 Å². The van der Waals surface area contributed by atoms with E-state index >= 15 is 0 Å². The summed E-state index contributed by atoms with van der Waals surface area (Å²) in [7, 11) is 0.